The molecule has 1 unspecified atom stereocenters. The van der Waals surface area contributed by atoms with E-state index < -0.39 is 0 Å². The summed E-state index contributed by atoms with van der Waals surface area (Å²) in [5.74, 6) is 2.81. The molecule has 0 radical (unpaired) electrons. The van der Waals surface area contributed by atoms with Crippen LogP contribution in [0.4, 0.5) is 0 Å². The molecule has 5 aliphatic rings. The molecule has 0 amide bonds. The monoisotopic (exact) mass is 444 g/mol. The van der Waals surface area contributed by atoms with E-state index in [1.807, 2.05) is 12.5 Å². The zero-order valence-corrected chi connectivity index (χ0v) is 20.2. The minimum absolute atomic E-state index is 0.228. The fraction of sp³-hybridized carbons (Fsp3) is 0.846. The second-order valence-electron chi connectivity index (χ2n) is 11.9. The summed E-state index contributed by atoms with van der Waals surface area (Å²) in [5, 5.41) is 11.1. The molecule has 0 saturated carbocycles. The lowest BCUT2D eigenvalue weighted by molar-refractivity contribution is -0.103. The molecule has 1 aromatic rings. The van der Waals surface area contributed by atoms with E-state index in [-0.39, 0.29) is 6.23 Å². The minimum atomic E-state index is -0.228. The van der Waals surface area contributed by atoms with Crippen LogP contribution in [0.1, 0.15) is 83.2 Å². The number of furan rings is 1. The third-order valence-corrected chi connectivity index (χ3v) is 11.7. The molecule has 5 heteroatoms. The van der Waals surface area contributed by atoms with Gasteiger partial charge in [0, 0.05) is 53.7 Å². The van der Waals surface area contributed by atoms with Gasteiger partial charge in [-0.05, 0) is 74.7 Å². The Morgan fingerprint density at radius 2 is 1.94 bits per heavy atom. The van der Waals surface area contributed by atoms with Gasteiger partial charge in [-0.2, -0.15) is 11.8 Å². The molecule has 5 fully saturated rings. The first-order valence-corrected chi connectivity index (χ1v) is 13.8. The molecule has 1 aromatic heterocycles. The van der Waals surface area contributed by atoms with Crippen LogP contribution in [0.2, 0.25) is 0 Å². The predicted octanol–water partition coefficient (Wildman–Crippen LogP) is 5.29. The van der Waals surface area contributed by atoms with E-state index in [0.29, 0.717) is 22.2 Å². The summed E-state index contributed by atoms with van der Waals surface area (Å²) in [6.07, 6.45) is 15.1. The van der Waals surface area contributed by atoms with Gasteiger partial charge in [0.25, 0.3) is 0 Å². The van der Waals surface area contributed by atoms with Crippen molar-refractivity contribution in [3.63, 3.8) is 0 Å². The van der Waals surface area contributed by atoms with Crippen LogP contribution in [-0.4, -0.2) is 56.8 Å². The van der Waals surface area contributed by atoms with E-state index in [4.69, 9.17) is 4.42 Å². The van der Waals surface area contributed by atoms with E-state index >= 15 is 0 Å². The molecule has 2 spiro atoms. The van der Waals surface area contributed by atoms with Crippen LogP contribution in [0.15, 0.2) is 23.0 Å². The molecule has 0 bridgehead atoms. The maximum Gasteiger partial charge on any atom is 0.108 e. The summed E-state index contributed by atoms with van der Waals surface area (Å²) >= 11 is 2.24. The summed E-state index contributed by atoms with van der Waals surface area (Å²) in [7, 11) is 0. The fourth-order valence-corrected chi connectivity index (χ4v) is 10.2. The van der Waals surface area contributed by atoms with Crippen molar-refractivity contribution in [1.82, 2.24) is 9.80 Å². The summed E-state index contributed by atoms with van der Waals surface area (Å²) in [6.45, 7) is 7.24. The van der Waals surface area contributed by atoms with Gasteiger partial charge in [-0.3, -0.25) is 9.80 Å². The molecule has 5 aliphatic heterocycles. The van der Waals surface area contributed by atoms with E-state index in [1.54, 1.807) is 0 Å². The standard InChI is InChI=1S/C26H40N2O2S/c1-18-4-3-10-27-23(18)12-26(13-24(27)29)15-25(17-31-26)9-7-21-19(2)5-6-22(28(21)16-25)20-8-11-30-14-20/h8,11,14,18-19,21-24,29H,3-7,9-10,12-13,15-17H2,1-2H3/t18-,19-,21+,22?,23+,24-,25+,26+/m1/s1. The summed E-state index contributed by atoms with van der Waals surface area (Å²) in [5.41, 5.74) is 1.81. The van der Waals surface area contributed by atoms with Gasteiger partial charge in [-0.15, -0.1) is 0 Å². The molecule has 6 heterocycles. The van der Waals surface area contributed by atoms with Gasteiger partial charge in [-0.1, -0.05) is 13.8 Å². The second-order valence-corrected chi connectivity index (χ2v) is 13.3. The molecule has 5 saturated heterocycles. The SMILES string of the molecule is C[C@@H]1CCC(c2ccoc2)N2C[C@@]3(CC[C@@H]12)CS[C@@]1(C[C@@H](O)N2CCC[C@@H](C)[C@@H]2C1)C3. The Labute approximate surface area is 192 Å². The normalized spacial score (nSPS) is 48.7. The summed E-state index contributed by atoms with van der Waals surface area (Å²) in [6, 6.07) is 4.04. The van der Waals surface area contributed by atoms with Crippen LogP contribution < -0.4 is 0 Å². The van der Waals surface area contributed by atoms with Crippen LogP contribution in [0.5, 0.6) is 0 Å². The highest BCUT2D eigenvalue weighted by molar-refractivity contribution is 8.01. The highest BCUT2D eigenvalue weighted by Gasteiger charge is 2.57. The molecular formula is C26H40N2O2S. The molecule has 0 aliphatic carbocycles. The Morgan fingerprint density at radius 3 is 2.77 bits per heavy atom. The maximum absolute atomic E-state index is 11.1. The van der Waals surface area contributed by atoms with Crippen molar-refractivity contribution in [3.05, 3.63) is 24.2 Å². The first kappa shape index (κ1) is 21.1. The number of piperidine rings is 4. The van der Waals surface area contributed by atoms with Gasteiger partial charge in [0.15, 0.2) is 0 Å². The average Bonchev–Trinajstić information content (AvgIpc) is 3.39. The highest BCUT2D eigenvalue weighted by atomic mass is 32.2. The number of aliphatic hydroxyl groups is 1. The molecule has 4 nitrogen and oxygen atoms in total. The Morgan fingerprint density at radius 1 is 1.06 bits per heavy atom. The van der Waals surface area contributed by atoms with Crippen molar-refractivity contribution in [3.8, 4) is 0 Å². The molecule has 172 valence electrons. The minimum Gasteiger partial charge on any atom is -0.472 e. The zero-order chi connectivity index (χ0) is 21.2. The largest absolute Gasteiger partial charge is 0.472 e. The van der Waals surface area contributed by atoms with E-state index in [1.165, 1.54) is 69.2 Å². The molecule has 1 N–H and O–H groups in total. The first-order valence-electron chi connectivity index (χ1n) is 12.8. The topological polar surface area (TPSA) is 39.9 Å². The summed E-state index contributed by atoms with van der Waals surface area (Å²) in [4.78, 5) is 5.33. The van der Waals surface area contributed by atoms with Crippen molar-refractivity contribution < 1.29 is 9.52 Å². The van der Waals surface area contributed by atoms with Crippen LogP contribution in [-0.2, 0) is 0 Å². The summed E-state index contributed by atoms with van der Waals surface area (Å²) < 4.78 is 5.79. The number of rotatable bonds is 1. The fourth-order valence-electron chi connectivity index (χ4n) is 8.26. The number of thioether (sulfide) groups is 1. The van der Waals surface area contributed by atoms with Gasteiger partial charge in [0.2, 0.25) is 0 Å². The molecular weight excluding hydrogens is 404 g/mol. The van der Waals surface area contributed by atoms with Crippen molar-refractivity contribution in [1.29, 1.82) is 0 Å². The quantitative estimate of drug-likeness (QED) is 0.637. The van der Waals surface area contributed by atoms with E-state index in [9.17, 15) is 5.11 Å². The highest BCUT2D eigenvalue weighted by Crippen LogP contribution is 2.61. The Kier molecular flexibility index (Phi) is 5.29. The van der Waals surface area contributed by atoms with E-state index in [2.05, 4.69) is 41.5 Å². The predicted molar refractivity (Wildman–Crippen MR) is 126 cm³/mol. The van der Waals surface area contributed by atoms with Gasteiger partial charge in [-0.25, -0.2) is 0 Å². The molecule has 31 heavy (non-hydrogen) atoms. The van der Waals surface area contributed by atoms with Crippen molar-refractivity contribution in [2.24, 2.45) is 17.3 Å². The van der Waals surface area contributed by atoms with Crippen LogP contribution >= 0.6 is 11.8 Å². The lowest BCUT2D eigenvalue weighted by Gasteiger charge is -2.55. The smallest absolute Gasteiger partial charge is 0.108 e. The molecule has 0 aromatic carbocycles. The van der Waals surface area contributed by atoms with Crippen LogP contribution in [0.25, 0.3) is 0 Å². The maximum atomic E-state index is 11.1. The number of hydrogen-bond donors (Lipinski definition) is 1. The third-order valence-electron chi connectivity index (χ3n) is 9.85. The van der Waals surface area contributed by atoms with Crippen LogP contribution in [0.3, 0.4) is 0 Å². The Bertz CT molecular complexity index is 786. The lowest BCUT2D eigenvalue weighted by Crippen LogP contribution is -2.59. The number of aliphatic hydroxyl groups excluding tert-OH is 1. The second kappa shape index (κ2) is 7.78. The van der Waals surface area contributed by atoms with Crippen molar-refractivity contribution in [2.75, 3.05) is 18.8 Å². The van der Waals surface area contributed by atoms with Gasteiger partial charge >= 0.3 is 0 Å². The van der Waals surface area contributed by atoms with Gasteiger partial charge < -0.3 is 9.52 Å². The van der Waals surface area contributed by atoms with Gasteiger partial charge in [0.05, 0.1) is 12.5 Å². The molecule has 6 rings (SSSR count). The number of nitrogens with zero attached hydrogens (tertiary/aromatic N) is 2. The van der Waals surface area contributed by atoms with E-state index in [0.717, 1.165) is 30.8 Å². The third kappa shape index (κ3) is 3.53. The van der Waals surface area contributed by atoms with Crippen molar-refractivity contribution >= 4 is 11.8 Å². The first-order chi connectivity index (χ1) is 15.0. The van der Waals surface area contributed by atoms with Gasteiger partial charge in [0.1, 0.15) is 6.23 Å². The molecule has 8 atom stereocenters. The Balaban J connectivity index is 1.23. The van der Waals surface area contributed by atoms with Crippen molar-refractivity contribution in [2.45, 2.75) is 101 Å². The lowest BCUT2D eigenvalue weighted by atomic mass is 9.66. The number of hydrogen-bond acceptors (Lipinski definition) is 5. The number of fused-ring (bicyclic) bond motifs is 2. The average molecular weight is 445 g/mol. The zero-order valence-electron chi connectivity index (χ0n) is 19.3. The Hall–Kier alpha value is -0.490. The van der Waals surface area contributed by atoms with Crippen LogP contribution in [0, 0.1) is 17.3 Å².